The molecule has 0 radical (unpaired) electrons. The minimum Gasteiger partial charge on any atom is -0.324 e. The van der Waals surface area contributed by atoms with Crippen LogP contribution in [0, 0.1) is 11.3 Å². The van der Waals surface area contributed by atoms with Crippen LogP contribution in [0.3, 0.4) is 0 Å². The summed E-state index contributed by atoms with van der Waals surface area (Å²) in [7, 11) is 0. The number of aromatic nitrogens is 5. The van der Waals surface area contributed by atoms with Crippen molar-refractivity contribution in [1.29, 1.82) is 5.26 Å². The van der Waals surface area contributed by atoms with Gasteiger partial charge < -0.3 is 5.32 Å². The van der Waals surface area contributed by atoms with E-state index in [0.717, 1.165) is 12.1 Å². The normalized spacial score (nSPS) is 15.4. The molecule has 0 aliphatic heterocycles. The van der Waals surface area contributed by atoms with Crippen molar-refractivity contribution in [3.63, 3.8) is 0 Å². The van der Waals surface area contributed by atoms with Crippen molar-refractivity contribution in [3.05, 3.63) is 47.9 Å². The van der Waals surface area contributed by atoms with Gasteiger partial charge in [-0.25, -0.2) is 9.98 Å². The summed E-state index contributed by atoms with van der Waals surface area (Å²) in [4.78, 5) is 22.7. The molecule has 3 heterocycles. The maximum absolute atomic E-state index is 13.1. The highest BCUT2D eigenvalue weighted by Crippen LogP contribution is 2.47. The molecule has 3 aromatic rings. The quantitative estimate of drug-likeness (QED) is 0.380. The monoisotopic (exact) mass is 492 g/mol. The summed E-state index contributed by atoms with van der Waals surface area (Å²) in [5, 5.41) is 12.1. The standard InChI is InChI=1S/C21H14F6N8/c1-11(20(22,23)24)30-17-33-16(13-3-2-4-14(32-13)21(25,26)27)34-18(35-17)31-12-5-8-29-15(9-12)19(10-28)6-7-19/h2-5,8-9H,6-7H2,1H3,(H,29,31,33,34,35)/b30-11+. The minimum atomic E-state index is -4.77. The van der Waals surface area contributed by atoms with Gasteiger partial charge in [-0.05, 0) is 44.0 Å². The maximum Gasteiger partial charge on any atom is 0.433 e. The Morgan fingerprint density at radius 1 is 1.06 bits per heavy atom. The maximum atomic E-state index is 13.1. The molecule has 0 bridgehead atoms. The Balaban J connectivity index is 1.77. The average Bonchev–Trinajstić information content (AvgIpc) is 3.59. The Kier molecular flexibility index (Phi) is 5.87. The van der Waals surface area contributed by atoms with Crippen molar-refractivity contribution >= 4 is 23.3 Å². The van der Waals surface area contributed by atoms with E-state index in [1.54, 1.807) is 6.07 Å². The van der Waals surface area contributed by atoms with E-state index in [4.69, 9.17) is 0 Å². The zero-order chi connectivity index (χ0) is 25.4. The molecule has 1 fully saturated rings. The Morgan fingerprint density at radius 2 is 1.80 bits per heavy atom. The van der Waals surface area contributed by atoms with Gasteiger partial charge in [-0.3, -0.25) is 4.98 Å². The number of pyridine rings is 2. The van der Waals surface area contributed by atoms with E-state index >= 15 is 0 Å². The van der Waals surface area contributed by atoms with Gasteiger partial charge in [0.05, 0.1) is 17.2 Å². The summed E-state index contributed by atoms with van der Waals surface area (Å²) in [6, 6.07) is 8.24. The van der Waals surface area contributed by atoms with Gasteiger partial charge >= 0.3 is 12.4 Å². The van der Waals surface area contributed by atoms with Gasteiger partial charge in [0.25, 0.3) is 5.95 Å². The van der Waals surface area contributed by atoms with E-state index in [-0.39, 0.29) is 11.6 Å². The SMILES string of the molecule is C/C(=N\c1nc(Nc2ccnc(C3(C#N)CC3)c2)nc(-c2cccc(C(F)(F)F)n2)n1)C(F)(F)F. The van der Waals surface area contributed by atoms with Crippen LogP contribution in [-0.2, 0) is 11.6 Å². The summed E-state index contributed by atoms with van der Waals surface area (Å²) in [6.45, 7) is 0.700. The van der Waals surface area contributed by atoms with Crippen LogP contribution in [-0.4, -0.2) is 36.8 Å². The topological polar surface area (TPSA) is 113 Å². The smallest absolute Gasteiger partial charge is 0.324 e. The Morgan fingerprint density at radius 3 is 2.43 bits per heavy atom. The largest absolute Gasteiger partial charge is 0.433 e. The van der Waals surface area contributed by atoms with Gasteiger partial charge in [-0.1, -0.05) is 6.07 Å². The third-order valence-corrected chi connectivity index (χ3v) is 5.04. The van der Waals surface area contributed by atoms with E-state index in [1.165, 1.54) is 18.3 Å². The van der Waals surface area contributed by atoms with Gasteiger partial charge in [0, 0.05) is 11.9 Å². The number of rotatable bonds is 5. The molecule has 180 valence electrons. The Labute approximate surface area is 193 Å². The number of hydrogen-bond acceptors (Lipinski definition) is 8. The number of aliphatic imine (C=N–C) groups is 1. The second-order valence-corrected chi connectivity index (χ2v) is 7.63. The predicted octanol–water partition coefficient (Wildman–Crippen LogP) is 5.30. The number of nitrogens with one attached hydrogen (secondary N) is 1. The predicted molar refractivity (Wildman–Crippen MR) is 111 cm³/mol. The summed E-state index contributed by atoms with van der Waals surface area (Å²) < 4.78 is 78.3. The lowest BCUT2D eigenvalue weighted by molar-refractivity contribution is -0.141. The van der Waals surface area contributed by atoms with Gasteiger partial charge in [0.1, 0.15) is 17.1 Å². The van der Waals surface area contributed by atoms with Crippen molar-refractivity contribution < 1.29 is 26.3 Å². The fourth-order valence-electron chi connectivity index (χ4n) is 2.97. The number of halogens is 6. The summed E-state index contributed by atoms with van der Waals surface area (Å²) in [5.41, 5.74) is -2.70. The average molecular weight is 492 g/mol. The molecule has 0 saturated heterocycles. The van der Waals surface area contributed by atoms with Crippen LogP contribution in [0.4, 0.5) is 43.9 Å². The number of nitrogens with zero attached hydrogens (tertiary/aromatic N) is 7. The number of anilines is 2. The van der Waals surface area contributed by atoms with Crippen LogP contribution >= 0.6 is 0 Å². The third kappa shape index (κ3) is 5.34. The molecule has 8 nitrogen and oxygen atoms in total. The number of alkyl halides is 6. The van der Waals surface area contributed by atoms with Crippen molar-refractivity contribution in [2.75, 3.05) is 5.32 Å². The first-order valence-corrected chi connectivity index (χ1v) is 9.98. The lowest BCUT2D eigenvalue weighted by atomic mass is 10.0. The number of hydrogen-bond donors (Lipinski definition) is 1. The Bertz CT molecular complexity index is 1340. The fourth-order valence-corrected chi connectivity index (χ4v) is 2.97. The molecule has 1 aliphatic rings. The molecule has 1 N–H and O–H groups in total. The molecule has 35 heavy (non-hydrogen) atoms. The first-order chi connectivity index (χ1) is 16.4. The summed E-state index contributed by atoms with van der Waals surface area (Å²) >= 11 is 0. The lowest BCUT2D eigenvalue weighted by Gasteiger charge is -2.11. The second kappa shape index (κ2) is 8.57. The van der Waals surface area contributed by atoms with Gasteiger partial charge in [0.15, 0.2) is 5.82 Å². The van der Waals surface area contributed by atoms with Crippen LogP contribution in [0.15, 0.2) is 41.5 Å². The van der Waals surface area contributed by atoms with Gasteiger partial charge in [-0.2, -0.15) is 46.6 Å². The highest BCUT2D eigenvalue weighted by atomic mass is 19.4. The highest BCUT2D eigenvalue weighted by Gasteiger charge is 2.46. The Hall–Kier alpha value is -4.15. The zero-order valence-electron chi connectivity index (χ0n) is 17.8. The van der Waals surface area contributed by atoms with Crippen molar-refractivity contribution in [2.45, 2.75) is 37.5 Å². The number of nitriles is 1. The first-order valence-electron chi connectivity index (χ1n) is 9.98. The van der Waals surface area contributed by atoms with Crippen molar-refractivity contribution in [2.24, 2.45) is 4.99 Å². The van der Waals surface area contributed by atoms with Crippen LogP contribution in [0.25, 0.3) is 11.5 Å². The molecule has 0 aromatic carbocycles. The summed E-state index contributed by atoms with van der Waals surface area (Å²) in [5.74, 6) is -1.40. The van der Waals surface area contributed by atoms with Crippen LogP contribution in [0.1, 0.15) is 31.2 Å². The zero-order valence-corrected chi connectivity index (χ0v) is 17.8. The van der Waals surface area contributed by atoms with Crippen molar-refractivity contribution in [3.8, 4) is 17.6 Å². The third-order valence-electron chi connectivity index (χ3n) is 5.04. The molecule has 1 aliphatic carbocycles. The molecule has 0 spiro atoms. The van der Waals surface area contributed by atoms with E-state index in [0.29, 0.717) is 31.1 Å². The molecule has 14 heteroatoms. The minimum absolute atomic E-state index is 0.290. The molecule has 0 atom stereocenters. The first kappa shape index (κ1) is 24.0. The van der Waals surface area contributed by atoms with E-state index < -0.39 is 40.9 Å². The molecule has 1 saturated carbocycles. The lowest BCUT2D eigenvalue weighted by Crippen LogP contribution is -2.19. The van der Waals surface area contributed by atoms with Crippen LogP contribution in [0.5, 0.6) is 0 Å². The molecule has 4 rings (SSSR count). The molecule has 0 amide bonds. The second-order valence-electron chi connectivity index (χ2n) is 7.63. The highest BCUT2D eigenvalue weighted by molar-refractivity contribution is 5.89. The van der Waals surface area contributed by atoms with Crippen molar-refractivity contribution in [1.82, 2.24) is 24.9 Å². The molecule has 3 aromatic heterocycles. The molecular formula is C21H14F6N8. The molecule has 0 unspecified atom stereocenters. The summed E-state index contributed by atoms with van der Waals surface area (Å²) in [6.07, 6.45) is -6.84. The van der Waals surface area contributed by atoms with Crippen LogP contribution in [0.2, 0.25) is 0 Å². The molecular weight excluding hydrogens is 478 g/mol. The van der Waals surface area contributed by atoms with Crippen LogP contribution < -0.4 is 5.32 Å². The fraction of sp³-hybridized carbons (Fsp3) is 0.286. The van der Waals surface area contributed by atoms with Gasteiger partial charge in [0.2, 0.25) is 5.95 Å². The van der Waals surface area contributed by atoms with E-state index in [2.05, 4.69) is 41.3 Å². The van der Waals surface area contributed by atoms with Gasteiger partial charge in [-0.15, -0.1) is 0 Å². The van der Waals surface area contributed by atoms with E-state index in [1.807, 2.05) is 0 Å². The van der Waals surface area contributed by atoms with E-state index in [9.17, 15) is 31.6 Å².